The summed E-state index contributed by atoms with van der Waals surface area (Å²) in [6, 6.07) is 5.52. The number of carbonyl (C=O) groups is 1. The second-order valence-electron chi connectivity index (χ2n) is 5.15. The fraction of sp³-hybridized carbons (Fsp3) is 0.533. The van der Waals surface area contributed by atoms with Gasteiger partial charge >= 0.3 is 6.09 Å². The molecule has 0 spiro atoms. The van der Waals surface area contributed by atoms with Crippen LogP contribution in [0.4, 0.5) is 16.2 Å². The number of halogens is 1. The number of hydrogen-bond acceptors (Lipinski definition) is 4. The van der Waals surface area contributed by atoms with Crippen LogP contribution in [-0.2, 0) is 4.74 Å². The number of anilines is 2. The van der Waals surface area contributed by atoms with Crippen molar-refractivity contribution in [2.24, 2.45) is 0 Å². The standard InChI is InChI=1S/C15H22ClN3O2/c1-2-3-10-21-15(20)19-8-6-18(7-9-19)14-5-4-12(17)11-13(14)16/h4-5,11H,2-3,6-10,17H2,1H3. The van der Waals surface area contributed by atoms with Crippen molar-refractivity contribution in [3.63, 3.8) is 0 Å². The lowest BCUT2D eigenvalue weighted by atomic mass is 10.2. The number of benzene rings is 1. The van der Waals surface area contributed by atoms with Crippen LogP contribution in [-0.4, -0.2) is 43.8 Å². The maximum atomic E-state index is 11.9. The summed E-state index contributed by atoms with van der Waals surface area (Å²) in [7, 11) is 0. The third-order valence-electron chi connectivity index (χ3n) is 3.57. The van der Waals surface area contributed by atoms with Gasteiger partial charge in [0.25, 0.3) is 0 Å². The van der Waals surface area contributed by atoms with Gasteiger partial charge in [0.1, 0.15) is 0 Å². The normalized spacial score (nSPS) is 15.1. The van der Waals surface area contributed by atoms with Gasteiger partial charge in [-0.05, 0) is 24.6 Å². The monoisotopic (exact) mass is 311 g/mol. The number of nitrogen functional groups attached to an aromatic ring is 1. The Morgan fingerprint density at radius 1 is 1.33 bits per heavy atom. The summed E-state index contributed by atoms with van der Waals surface area (Å²) in [5, 5.41) is 0.647. The van der Waals surface area contributed by atoms with Gasteiger partial charge in [0.05, 0.1) is 17.3 Å². The number of hydrogen-bond donors (Lipinski definition) is 1. The highest BCUT2D eigenvalue weighted by Gasteiger charge is 2.23. The summed E-state index contributed by atoms with van der Waals surface area (Å²) in [6.07, 6.45) is 1.72. The van der Waals surface area contributed by atoms with E-state index in [4.69, 9.17) is 22.1 Å². The molecular weight excluding hydrogens is 290 g/mol. The van der Waals surface area contributed by atoms with Crippen LogP contribution >= 0.6 is 11.6 Å². The number of nitrogens with two attached hydrogens (primary N) is 1. The molecule has 21 heavy (non-hydrogen) atoms. The van der Waals surface area contributed by atoms with E-state index in [1.165, 1.54) is 0 Å². The molecule has 1 aliphatic heterocycles. The van der Waals surface area contributed by atoms with E-state index in [0.717, 1.165) is 31.6 Å². The highest BCUT2D eigenvalue weighted by Crippen LogP contribution is 2.28. The molecule has 116 valence electrons. The number of unbranched alkanes of at least 4 members (excludes halogenated alkanes) is 1. The lowest BCUT2D eigenvalue weighted by Crippen LogP contribution is -2.49. The van der Waals surface area contributed by atoms with Crippen molar-refractivity contribution in [2.45, 2.75) is 19.8 Å². The largest absolute Gasteiger partial charge is 0.449 e. The van der Waals surface area contributed by atoms with Gasteiger partial charge in [0.15, 0.2) is 0 Å². The molecule has 1 amide bonds. The van der Waals surface area contributed by atoms with Crippen molar-refractivity contribution in [1.82, 2.24) is 4.90 Å². The van der Waals surface area contributed by atoms with Gasteiger partial charge in [-0.2, -0.15) is 0 Å². The van der Waals surface area contributed by atoms with Crippen molar-refractivity contribution in [3.8, 4) is 0 Å². The Labute approximate surface area is 130 Å². The average molecular weight is 312 g/mol. The smallest absolute Gasteiger partial charge is 0.409 e. The van der Waals surface area contributed by atoms with E-state index >= 15 is 0 Å². The Morgan fingerprint density at radius 2 is 2.05 bits per heavy atom. The number of rotatable bonds is 4. The summed E-state index contributed by atoms with van der Waals surface area (Å²) in [4.78, 5) is 15.8. The second-order valence-corrected chi connectivity index (χ2v) is 5.56. The first-order chi connectivity index (χ1) is 10.1. The predicted octanol–water partition coefficient (Wildman–Crippen LogP) is 2.98. The number of nitrogens with zero attached hydrogens (tertiary/aromatic N) is 2. The van der Waals surface area contributed by atoms with Crippen molar-refractivity contribution >= 4 is 29.1 Å². The van der Waals surface area contributed by atoms with Crippen LogP contribution in [0.15, 0.2) is 18.2 Å². The molecule has 5 nitrogen and oxygen atoms in total. The molecule has 0 atom stereocenters. The predicted molar refractivity (Wildman–Crippen MR) is 85.9 cm³/mol. The van der Waals surface area contributed by atoms with Crippen LogP contribution < -0.4 is 10.6 Å². The number of ether oxygens (including phenoxy) is 1. The Morgan fingerprint density at radius 3 is 2.67 bits per heavy atom. The molecule has 1 aliphatic rings. The summed E-state index contributed by atoms with van der Waals surface area (Å²) >= 11 is 6.22. The second kappa shape index (κ2) is 7.41. The van der Waals surface area contributed by atoms with Crippen LogP contribution in [0.5, 0.6) is 0 Å². The lowest BCUT2D eigenvalue weighted by Gasteiger charge is -2.35. The number of piperazine rings is 1. The van der Waals surface area contributed by atoms with E-state index in [0.29, 0.717) is 30.4 Å². The molecule has 2 N–H and O–H groups in total. The van der Waals surface area contributed by atoms with Crippen LogP contribution in [0, 0.1) is 0 Å². The van der Waals surface area contributed by atoms with Gasteiger partial charge in [-0.3, -0.25) is 0 Å². The molecule has 0 aromatic heterocycles. The molecule has 6 heteroatoms. The van der Waals surface area contributed by atoms with Gasteiger partial charge in [-0.1, -0.05) is 24.9 Å². The van der Waals surface area contributed by atoms with E-state index in [-0.39, 0.29) is 6.09 Å². The quantitative estimate of drug-likeness (QED) is 0.686. The van der Waals surface area contributed by atoms with Gasteiger partial charge in [0, 0.05) is 31.9 Å². The van der Waals surface area contributed by atoms with Gasteiger partial charge in [-0.25, -0.2) is 4.79 Å². The molecule has 1 heterocycles. The van der Waals surface area contributed by atoms with Gasteiger partial charge in [0.2, 0.25) is 0 Å². The van der Waals surface area contributed by atoms with E-state index in [1.54, 1.807) is 11.0 Å². The first kappa shape index (κ1) is 15.8. The molecule has 1 aromatic rings. The van der Waals surface area contributed by atoms with E-state index in [9.17, 15) is 4.79 Å². The van der Waals surface area contributed by atoms with Gasteiger partial charge < -0.3 is 20.3 Å². The maximum Gasteiger partial charge on any atom is 0.409 e. The first-order valence-corrected chi connectivity index (χ1v) is 7.71. The molecule has 1 fully saturated rings. The van der Waals surface area contributed by atoms with Crippen molar-refractivity contribution in [1.29, 1.82) is 0 Å². The highest BCUT2D eigenvalue weighted by molar-refractivity contribution is 6.33. The third kappa shape index (κ3) is 4.17. The van der Waals surface area contributed by atoms with Crippen LogP contribution in [0.1, 0.15) is 19.8 Å². The van der Waals surface area contributed by atoms with Gasteiger partial charge in [-0.15, -0.1) is 0 Å². The molecular formula is C15H22ClN3O2. The minimum absolute atomic E-state index is 0.216. The number of carbonyl (C=O) groups excluding carboxylic acids is 1. The molecule has 2 rings (SSSR count). The number of amides is 1. The molecule has 0 bridgehead atoms. The van der Waals surface area contributed by atoms with E-state index < -0.39 is 0 Å². The first-order valence-electron chi connectivity index (χ1n) is 7.33. The zero-order chi connectivity index (χ0) is 15.2. The van der Waals surface area contributed by atoms with Crippen molar-refractivity contribution in [2.75, 3.05) is 43.4 Å². The Bertz CT molecular complexity index is 488. The summed E-state index contributed by atoms with van der Waals surface area (Å²) in [5.74, 6) is 0. The fourth-order valence-electron chi connectivity index (χ4n) is 2.30. The molecule has 1 aromatic carbocycles. The third-order valence-corrected chi connectivity index (χ3v) is 3.88. The zero-order valence-corrected chi connectivity index (χ0v) is 13.1. The molecule has 0 saturated carbocycles. The zero-order valence-electron chi connectivity index (χ0n) is 12.3. The van der Waals surface area contributed by atoms with Crippen LogP contribution in [0.2, 0.25) is 5.02 Å². The summed E-state index contributed by atoms with van der Waals surface area (Å²) < 4.78 is 5.23. The van der Waals surface area contributed by atoms with Crippen LogP contribution in [0.25, 0.3) is 0 Å². The minimum atomic E-state index is -0.216. The Kier molecular flexibility index (Phi) is 5.56. The maximum absolute atomic E-state index is 11.9. The van der Waals surface area contributed by atoms with Crippen LogP contribution in [0.3, 0.4) is 0 Å². The van der Waals surface area contributed by atoms with Crippen molar-refractivity contribution in [3.05, 3.63) is 23.2 Å². The SMILES string of the molecule is CCCCOC(=O)N1CCN(c2ccc(N)cc2Cl)CC1. The minimum Gasteiger partial charge on any atom is -0.449 e. The topological polar surface area (TPSA) is 58.8 Å². The van der Waals surface area contributed by atoms with Crippen molar-refractivity contribution < 1.29 is 9.53 Å². The lowest BCUT2D eigenvalue weighted by molar-refractivity contribution is 0.0989. The highest BCUT2D eigenvalue weighted by atomic mass is 35.5. The van der Waals surface area contributed by atoms with E-state index in [2.05, 4.69) is 11.8 Å². The average Bonchev–Trinajstić information content (AvgIpc) is 2.48. The molecule has 0 unspecified atom stereocenters. The summed E-state index contributed by atoms with van der Waals surface area (Å²) in [5.41, 5.74) is 7.32. The Hall–Kier alpha value is -1.62. The molecule has 1 saturated heterocycles. The fourth-order valence-corrected chi connectivity index (χ4v) is 2.61. The molecule has 0 aliphatic carbocycles. The Balaban J connectivity index is 1.86. The summed E-state index contributed by atoms with van der Waals surface area (Å²) in [6.45, 7) is 5.35. The van der Waals surface area contributed by atoms with E-state index in [1.807, 2.05) is 12.1 Å². The molecule has 0 radical (unpaired) electrons.